The third-order valence-electron chi connectivity index (χ3n) is 1.90. The van der Waals surface area contributed by atoms with E-state index in [1.54, 1.807) is 0 Å². The lowest BCUT2D eigenvalue weighted by Crippen LogP contribution is -2.49. The lowest BCUT2D eigenvalue weighted by atomic mass is 9.91. The molecule has 2 unspecified atom stereocenters. The van der Waals surface area contributed by atoms with E-state index in [4.69, 9.17) is 10.8 Å². The maximum Gasteiger partial charge on any atom is 0.183 e. The Labute approximate surface area is 78.7 Å². The van der Waals surface area contributed by atoms with Gasteiger partial charge in [-0.1, -0.05) is 13.8 Å². The van der Waals surface area contributed by atoms with Crippen LogP contribution in [0.25, 0.3) is 0 Å². The van der Waals surface area contributed by atoms with Gasteiger partial charge in [-0.25, -0.2) is 0 Å². The molecule has 0 aromatic heterocycles. The van der Waals surface area contributed by atoms with Crippen molar-refractivity contribution in [1.29, 1.82) is 0 Å². The van der Waals surface area contributed by atoms with Crippen molar-refractivity contribution >= 4 is 5.78 Å². The van der Waals surface area contributed by atoms with Crippen molar-refractivity contribution in [3.05, 3.63) is 0 Å². The van der Waals surface area contributed by atoms with Gasteiger partial charge in [0.1, 0.15) is 5.60 Å². The molecule has 0 fully saturated rings. The number of Topliss-reactive ketones (excluding diaryl/α,β-unsaturated/α-hetero) is 1. The standard InChI is InChI=1S/C9H19NO3/c1-6(2)4-7(10)8(12)9(3,13)5-11/h6-7,11,13H,4-5,10H2,1-3H3. The number of hydrogen-bond acceptors (Lipinski definition) is 4. The second-order valence-electron chi connectivity index (χ2n) is 4.03. The van der Waals surface area contributed by atoms with Crippen LogP contribution in [0.3, 0.4) is 0 Å². The Morgan fingerprint density at radius 1 is 1.54 bits per heavy atom. The molecule has 0 aliphatic heterocycles. The van der Waals surface area contributed by atoms with Crippen LogP contribution in [0.1, 0.15) is 27.2 Å². The molecular formula is C9H19NO3. The Bertz CT molecular complexity index is 178. The predicted octanol–water partition coefficient (Wildman–Crippen LogP) is -0.328. The fraction of sp³-hybridized carbons (Fsp3) is 0.889. The van der Waals surface area contributed by atoms with Crippen LogP contribution in [0, 0.1) is 5.92 Å². The van der Waals surface area contributed by atoms with E-state index in [9.17, 15) is 9.90 Å². The summed E-state index contributed by atoms with van der Waals surface area (Å²) in [5, 5.41) is 18.1. The summed E-state index contributed by atoms with van der Waals surface area (Å²) in [6.45, 7) is 4.58. The van der Waals surface area contributed by atoms with Crippen LogP contribution in [0.2, 0.25) is 0 Å². The molecule has 13 heavy (non-hydrogen) atoms. The average molecular weight is 189 g/mol. The quantitative estimate of drug-likeness (QED) is 0.553. The predicted molar refractivity (Wildman–Crippen MR) is 50.1 cm³/mol. The molecule has 0 aliphatic carbocycles. The minimum absolute atomic E-state index is 0.299. The number of rotatable bonds is 5. The normalized spacial score (nSPS) is 18.4. The molecule has 0 aromatic rings. The molecule has 4 N–H and O–H groups in total. The average Bonchev–Trinajstić information content (AvgIpc) is 2.01. The first kappa shape index (κ1) is 12.6. The van der Waals surface area contributed by atoms with Crippen molar-refractivity contribution in [2.75, 3.05) is 6.61 Å². The van der Waals surface area contributed by atoms with Gasteiger partial charge in [-0.3, -0.25) is 4.79 Å². The first-order valence-corrected chi connectivity index (χ1v) is 4.44. The number of carbonyl (C=O) groups excluding carboxylic acids is 1. The van der Waals surface area contributed by atoms with Gasteiger partial charge in [0.15, 0.2) is 5.78 Å². The Balaban J connectivity index is 4.25. The third kappa shape index (κ3) is 3.85. The van der Waals surface area contributed by atoms with Gasteiger partial charge in [0, 0.05) is 0 Å². The van der Waals surface area contributed by atoms with E-state index >= 15 is 0 Å². The van der Waals surface area contributed by atoms with Crippen molar-refractivity contribution < 1.29 is 15.0 Å². The molecule has 0 aliphatic rings. The van der Waals surface area contributed by atoms with Crippen molar-refractivity contribution in [3.8, 4) is 0 Å². The highest BCUT2D eigenvalue weighted by Gasteiger charge is 2.33. The van der Waals surface area contributed by atoms with E-state index in [1.165, 1.54) is 6.92 Å². The van der Waals surface area contributed by atoms with Crippen molar-refractivity contribution in [1.82, 2.24) is 0 Å². The van der Waals surface area contributed by atoms with E-state index in [2.05, 4.69) is 0 Å². The van der Waals surface area contributed by atoms with Crippen LogP contribution in [0.4, 0.5) is 0 Å². The Hall–Kier alpha value is -0.450. The second-order valence-corrected chi connectivity index (χ2v) is 4.03. The Kier molecular flexibility index (Phi) is 4.53. The van der Waals surface area contributed by atoms with E-state index in [-0.39, 0.29) is 0 Å². The number of nitrogens with two attached hydrogens (primary N) is 1. The largest absolute Gasteiger partial charge is 0.393 e. The molecule has 4 nitrogen and oxygen atoms in total. The topological polar surface area (TPSA) is 83.6 Å². The minimum Gasteiger partial charge on any atom is -0.393 e. The highest BCUT2D eigenvalue weighted by molar-refractivity contribution is 5.91. The van der Waals surface area contributed by atoms with Gasteiger partial charge in [-0.05, 0) is 19.3 Å². The molecular weight excluding hydrogens is 170 g/mol. The molecule has 0 amide bonds. The Morgan fingerprint density at radius 2 is 2.00 bits per heavy atom. The second kappa shape index (κ2) is 4.69. The molecule has 0 saturated carbocycles. The molecule has 2 atom stereocenters. The van der Waals surface area contributed by atoms with Gasteiger partial charge in [-0.15, -0.1) is 0 Å². The zero-order valence-electron chi connectivity index (χ0n) is 8.45. The molecule has 0 saturated heterocycles. The van der Waals surface area contributed by atoms with Crippen molar-refractivity contribution in [3.63, 3.8) is 0 Å². The molecule has 0 spiro atoms. The van der Waals surface area contributed by atoms with E-state index in [0.717, 1.165) is 0 Å². The fourth-order valence-corrected chi connectivity index (χ4v) is 1.09. The van der Waals surface area contributed by atoms with Gasteiger partial charge >= 0.3 is 0 Å². The molecule has 0 aromatic carbocycles. The van der Waals surface area contributed by atoms with Crippen LogP contribution < -0.4 is 5.73 Å². The van der Waals surface area contributed by atoms with Crippen molar-refractivity contribution in [2.45, 2.75) is 38.8 Å². The zero-order chi connectivity index (χ0) is 10.6. The third-order valence-corrected chi connectivity index (χ3v) is 1.90. The summed E-state index contributed by atoms with van der Waals surface area (Å²) in [7, 11) is 0. The van der Waals surface area contributed by atoms with Gasteiger partial charge in [-0.2, -0.15) is 0 Å². The summed E-state index contributed by atoms with van der Waals surface area (Å²) >= 11 is 0. The Morgan fingerprint density at radius 3 is 2.31 bits per heavy atom. The number of carbonyl (C=O) groups is 1. The zero-order valence-corrected chi connectivity index (χ0v) is 8.45. The molecule has 0 bridgehead atoms. The summed E-state index contributed by atoms with van der Waals surface area (Å²) < 4.78 is 0. The minimum atomic E-state index is -1.70. The first-order valence-electron chi connectivity index (χ1n) is 4.44. The van der Waals surface area contributed by atoms with Crippen LogP contribution in [0.5, 0.6) is 0 Å². The molecule has 0 rings (SSSR count). The molecule has 0 heterocycles. The summed E-state index contributed by atoms with van der Waals surface area (Å²) in [4.78, 5) is 11.4. The summed E-state index contributed by atoms with van der Waals surface area (Å²) in [5.41, 5.74) is 3.86. The SMILES string of the molecule is CC(C)CC(N)C(=O)C(C)(O)CO. The highest BCUT2D eigenvalue weighted by atomic mass is 16.3. The highest BCUT2D eigenvalue weighted by Crippen LogP contribution is 2.11. The van der Waals surface area contributed by atoms with Gasteiger partial charge in [0.25, 0.3) is 0 Å². The van der Waals surface area contributed by atoms with Gasteiger partial charge in [0.05, 0.1) is 12.6 Å². The number of aliphatic hydroxyl groups excluding tert-OH is 1. The molecule has 0 radical (unpaired) electrons. The number of aliphatic hydroxyl groups is 2. The maximum atomic E-state index is 11.4. The van der Waals surface area contributed by atoms with E-state index in [0.29, 0.717) is 12.3 Å². The monoisotopic (exact) mass is 189 g/mol. The van der Waals surface area contributed by atoms with Crippen LogP contribution in [-0.2, 0) is 4.79 Å². The lowest BCUT2D eigenvalue weighted by Gasteiger charge is -2.23. The summed E-state index contributed by atoms with van der Waals surface area (Å²) in [6, 6.07) is -0.692. The van der Waals surface area contributed by atoms with Gasteiger partial charge in [0.2, 0.25) is 0 Å². The van der Waals surface area contributed by atoms with Gasteiger partial charge < -0.3 is 15.9 Å². The fourth-order valence-electron chi connectivity index (χ4n) is 1.09. The summed E-state index contributed by atoms with van der Waals surface area (Å²) in [5.74, 6) is -0.197. The number of hydrogen-bond donors (Lipinski definition) is 3. The maximum absolute atomic E-state index is 11.4. The smallest absolute Gasteiger partial charge is 0.183 e. The molecule has 4 heteroatoms. The lowest BCUT2D eigenvalue weighted by molar-refractivity contribution is -0.141. The molecule has 78 valence electrons. The van der Waals surface area contributed by atoms with Crippen molar-refractivity contribution in [2.24, 2.45) is 11.7 Å². The van der Waals surface area contributed by atoms with Crippen LogP contribution in [-0.4, -0.2) is 34.2 Å². The number of ketones is 1. The first-order chi connectivity index (χ1) is 5.81. The van der Waals surface area contributed by atoms with Crippen LogP contribution >= 0.6 is 0 Å². The van der Waals surface area contributed by atoms with E-state index in [1.807, 2.05) is 13.8 Å². The van der Waals surface area contributed by atoms with E-state index < -0.39 is 24.0 Å². The van der Waals surface area contributed by atoms with Crippen LogP contribution in [0.15, 0.2) is 0 Å². The summed E-state index contributed by atoms with van der Waals surface area (Å²) in [6.07, 6.45) is 0.523.